The van der Waals surface area contributed by atoms with Crippen molar-refractivity contribution >= 4 is 23.8 Å². The van der Waals surface area contributed by atoms with Gasteiger partial charge in [-0.15, -0.1) is 11.8 Å². The highest BCUT2D eigenvalue weighted by atomic mass is 32.2. The van der Waals surface area contributed by atoms with Gasteiger partial charge >= 0.3 is 12.1 Å². The number of benzene rings is 5. The van der Waals surface area contributed by atoms with E-state index in [2.05, 4.69) is 66.0 Å². The number of carboxylic acids is 1. The first kappa shape index (κ1) is 29.3. The van der Waals surface area contributed by atoms with Gasteiger partial charge in [-0.2, -0.15) is 0 Å². The second-order valence-electron chi connectivity index (χ2n) is 10.9. The van der Waals surface area contributed by atoms with Crippen molar-refractivity contribution < 1.29 is 19.4 Å². The fraction of sp³-hybridized carbons (Fsp3) is 0.158. The van der Waals surface area contributed by atoms with E-state index in [-0.39, 0.29) is 18.9 Å². The Morgan fingerprint density at radius 3 is 1.57 bits per heavy atom. The Kier molecular flexibility index (Phi) is 8.80. The number of fused-ring (bicyclic) bond motifs is 3. The third-order valence-electron chi connectivity index (χ3n) is 8.13. The third-order valence-corrected chi connectivity index (χ3v) is 9.84. The Labute approximate surface area is 261 Å². The predicted octanol–water partition coefficient (Wildman–Crippen LogP) is 8.09. The zero-order valence-electron chi connectivity index (χ0n) is 24.1. The van der Waals surface area contributed by atoms with Gasteiger partial charge in [0, 0.05) is 11.7 Å². The first-order chi connectivity index (χ1) is 21.6. The Hall–Kier alpha value is -4.81. The molecule has 2 N–H and O–H groups in total. The van der Waals surface area contributed by atoms with Crippen molar-refractivity contribution in [1.29, 1.82) is 0 Å². The number of thioether (sulfide) groups is 1. The second-order valence-corrected chi connectivity index (χ2v) is 12.1. The van der Waals surface area contributed by atoms with Crippen LogP contribution in [-0.4, -0.2) is 35.6 Å². The summed E-state index contributed by atoms with van der Waals surface area (Å²) in [5.41, 5.74) is 7.75. The topological polar surface area (TPSA) is 75.6 Å². The van der Waals surface area contributed by atoms with Gasteiger partial charge in [-0.1, -0.05) is 140 Å². The average molecular weight is 600 g/mol. The molecule has 0 radical (unpaired) electrons. The van der Waals surface area contributed by atoms with Crippen LogP contribution in [0.15, 0.2) is 140 Å². The summed E-state index contributed by atoms with van der Waals surface area (Å²) in [5, 5.41) is 12.7. The molecule has 6 rings (SSSR count). The fourth-order valence-corrected chi connectivity index (χ4v) is 7.72. The van der Waals surface area contributed by atoms with E-state index in [4.69, 9.17) is 4.74 Å². The van der Waals surface area contributed by atoms with Gasteiger partial charge < -0.3 is 15.2 Å². The normalized spacial score (nSPS) is 13.0. The van der Waals surface area contributed by atoms with E-state index in [0.717, 1.165) is 38.9 Å². The minimum absolute atomic E-state index is 0.0812. The molecule has 220 valence electrons. The van der Waals surface area contributed by atoms with E-state index in [9.17, 15) is 14.7 Å². The van der Waals surface area contributed by atoms with Crippen LogP contribution < -0.4 is 5.32 Å². The molecule has 1 aliphatic carbocycles. The summed E-state index contributed by atoms with van der Waals surface area (Å²) in [6, 6.07) is 46.3. The highest BCUT2D eigenvalue weighted by Gasteiger charge is 2.38. The highest BCUT2D eigenvalue weighted by molar-refractivity contribution is 8.00. The molecule has 0 saturated carbocycles. The molecule has 5 aromatic rings. The number of hydrogen-bond acceptors (Lipinski definition) is 4. The number of alkyl carbamates (subject to hydrolysis) is 1. The van der Waals surface area contributed by atoms with Crippen molar-refractivity contribution in [1.82, 2.24) is 5.32 Å². The predicted molar refractivity (Wildman–Crippen MR) is 176 cm³/mol. The summed E-state index contributed by atoms with van der Waals surface area (Å²) < 4.78 is 5.15. The van der Waals surface area contributed by atoms with Gasteiger partial charge in [0.2, 0.25) is 0 Å². The fourth-order valence-electron chi connectivity index (χ4n) is 6.16. The number of aliphatic carboxylic acids is 1. The summed E-state index contributed by atoms with van der Waals surface area (Å²) in [6.07, 6.45) is -0.852. The zero-order valence-corrected chi connectivity index (χ0v) is 25.0. The molecule has 0 spiro atoms. The van der Waals surface area contributed by atoms with Crippen LogP contribution >= 0.6 is 11.8 Å². The maximum atomic E-state index is 13.2. The van der Waals surface area contributed by atoms with Crippen molar-refractivity contribution in [2.75, 3.05) is 12.4 Å². The quantitative estimate of drug-likeness (QED) is 0.150. The van der Waals surface area contributed by atoms with Crippen LogP contribution in [0.4, 0.5) is 4.79 Å². The van der Waals surface area contributed by atoms with Gasteiger partial charge in [0.05, 0.1) is 17.2 Å². The Morgan fingerprint density at radius 1 is 0.682 bits per heavy atom. The lowest BCUT2D eigenvalue weighted by Gasteiger charge is -2.36. The van der Waals surface area contributed by atoms with E-state index >= 15 is 0 Å². The molecule has 0 unspecified atom stereocenters. The summed E-state index contributed by atoms with van der Waals surface area (Å²) >= 11 is 1.61. The SMILES string of the molecule is O=C(O)C[C@H](CSC(c1ccccc1)(c1ccccc1)c1ccccc1)NC(=O)OCC1c2ccccc2-c2ccccc21. The van der Waals surface area contributed by atoms with Gasteiger partial charge in [-0.3, -0.25) is 4.79 Å². The Morgan fingerprint density at radius 2 is 1.11 bits per heavy atom. The van der Waals surface area contributed by atoms with Gasteiger partial charge in [-0.05, 0) is 38.9 Å². The van der Waals surface area contributed by atoms with Crippen molar-refractivity contribution in [3.63, 3.8) is 0 Å². The van der Waals surface area contributed by atoms with Crippen molar-refractivity contribution in [3.05, 3.63) is 167 Å². The van der Waals surface area contributed by atoms with Crippen LogP contribution in [-0.2, 0) is 14.3 Å². The van der Waals surface area contributed by atoms with E-state index in [1.807, 2.05) is 78.9 Å². The molecule has 1 aliphatic rings. The Bertz CT molecular complexity index is 1580. The van der Waals surface area contributed by atoms with E-state index < -0.39 is 22.9 Å². The first-order valence-electron chi connectivity index (χ1n) is 14.7. The lowest BCUT2D eigenvalue weighted by atomic mass is 9.84. The smallest absolute Gasteiger partial charge is 0.407 e. The summed E-state index contributed by atoms with van der Waals surface area (Å²) in [4.78, 5) is 25.2. The molecule has 0 aromatic heterocycles. The number of hydrogen-bond donors (Lipinski definition) is 2. The molecular formula is C38H33NO4S. The van der Waals surface area contributed by atoms with Crippen LogP contribution in [0.2, 0.25) is 0 Å². The number of nitrogens with one attached hydrogen (secondary N) is 1. The van der Waals surface area contributed by atoms with Crippen LogP contribution in [0.3, 0.4) is 0 Å². The number of carbonyl (C=O) groups is 2. The molecular weight excluding hydrogens is 566 g/mol. The summed E-state index contributed by atoms with van der Waals surface area (Å²) in [5.74, 6) is -0.726. The van der Waals surface area contributed by atoms with Crippen LogP contribution in [0, 0.1) is 0 Å². The molecule has 5 aromatic carbocycles. The molecule has 0 bridgehead atoms. The third kappa shape index (κ3) is 5.99. The van der Waals surface area contributed by atoms with Crippen molar-refractivity contribution in [2.24, 2.45) is 0 Å². The van der Waals surface area contributed by atoms with Crippen LogP contribution in [0.5, 0.6) is 0 Å². The van der Waals surface area contributed by atoms with Gasteiger partial charge in [0.15, 0.2) is 0 Å². The van der Waals surface area contributed by atoms with E-state index in [1.165, 1.54) is 0 Å². The van der Waals surface area contributed by atoms with E-state index in [0.29, 0.717) is 5.75 Å². The maximum absolute atomic E-state index is 13.2. The van der Waals surface area contributed by atoms with E-state index in [1.54, 1.807) is 11.8 Å². The minimum atomic E-state index is -0.987. The minimum Gasteiger partial charge on any atom is -0.481 e. The molecule has 0 heterocycles. The number of carboxylic acid groups (broad SMARTS) is 1. The summed E-state index contributed by atoms with van der Waals surface area (Å²) in [7, 11) is 0. The molecule has 1 amide bonds. The second kappa shape index (κ2) is 13.2. The number of ether oxygens (including phenoxy) is 1. The van der Waals surface area contributed by atoms with Gasteiger partial charge in [-0.25, -0.2) is 4.79 Å². The molecule has 1 atom stereocenters. The lowest BCUT2D eigenvalue weighted by Crippen LogP contribution is -2.40. The van der Waals surface area contributed by atoms with Crippen molar-refractivity contribution in [2.45, 2.75) is 23.1 Å². The van der Waals surface area contributed by atoms with Crippen molar-refractivity contribution in [3.8, 4) is 11.1 Å². The van der Waals surface area contributed by atoms with Crippen LogP contribution in [0.1, 0.15) is 40.2 Å². The molecule has 5 nitrogen and oxygen atoms in total. The summed E-state index contributed by atoms with van der Waals surface area (Å²) in [6.45, 7) is 0.161. The molecule has 6 heteroatoms. The highest BCUT2D eigenvalue weighted by Crippen LogP contribution is 2.49. The maximum Gasteiger partial charge on any atom is 0.407 e. The largest absolute Gasteiger partial charge is 0.481 e. The zero-order chi connectivity index (χ0) is 30.4. The first-order valence-corrected chi connectivity index (χ1v) is 15.7. The van der Waals surface area contributed by atoms with Crippen LogP contribution in [0.25, 0.3) is 11.1 Å². The standard InChI is InChI=1S/C38H33NO4S/c40-36(41)24-30(39-37(42)43-25-35-33-22-12-10-20-31(33)32-21-11-13-23-34(32)35)26-44-38(27-14-4-1-5-15-27,28-16-6-2-7-17-28)29-18-8-3-9-19-29/h1-23,30,35H,24-26H2,(H,39,42)(H,40,41)/t30-/m1/s1. The number of carbonyl (C=O) groups excluding carboxylic acids is 1. The van der Waals surface area contributed by atoms with Gasteiger partial charge in [0.25, 0.3) is 0 Å². The average Bonchev–Trinajstić information content (AvgIpc) is 3.39. The number of amides is 1. The number of rotatable bonds is 11. The molecule has 0 fully saturated rings. The van der Waals surface area contributed by atoms with Gasteiger partial charge in [0.1, 0.15) is 6.61 Å². The monoisotopic (exact) mass is 599 g/mol. The lowest BCUT2D eigenvalue weighted by molar-refractivity contribution is -0.137. The molecule has 0 saturated heterocycles. The molecule has 44 heavy (non-hydrogen) atoms. The Balaban J connectivity index is 1.24. The molecule has 0 aliphatic heterocycles.